The number of rotatable bonds is 2. The summed E-state index contributed by atoms with van der Waals surface area (Å²) in [5.41, 5.74) is 2.40. The minimum absolute atomic E-state index is 0.0133. The monoisotopic (exact) mass is 155 g/mol. The zero-order chi connectivity index (χ0) is 8.27. The van der Waals surface area contributed by atoms with Crippen LogP contribution in [-0.2, 0) is 4.79 Å². The summed E-state index contributed by atoms with van der Waals surface area (Å²) in [6, 6.07) is 0. The van der Waals surface area contributed by atoms with Gasteiger partial charge in [-0.15, -0.1) is 0 Å². The highest BCUT2D eigenvalue weighted by Gasteiger charge is 2.15. The Morgan fingerprint density at radius 3 is 3.09 bits per heavy atom. The van der Waals surface area contributed by atoms with Gasteiger partial charge in [0.05, 0.1) is 0 Å². The van der Waals surface area contributed by atoms with Crippen LogP contribution in [0.3, 0.4) is 0 Å². The molecule has 0 saturated heterocycles. The van der Waals surface area contributed by atoms with Gasteiger partial charge in [-0.25, -0.2) is 5.43 Å². The lowest BCUT2D eigenvalue weighted by Gasteiger charge is -2.18. The molecule has 0 aromatic heterocycles. The van der Waals surface area contributed by atoms with E-state index in [1.165, 1.54) is 0 Å². The average molecular weight is 155 g/mol. The topological polar surface area (TPSA) is 44.7 Å². The average Bonchev–Trinajstić information content (AvgIpc) is 1.85. The number of nitrogens with one attached hydrogen (secondary N) is 1. The van der Waals surface area contributed by atoms with Gasteiger partial charge < -0.3 is 4.90 Å². The lowest BCUT2D eigenvalue weighted by Crippen LogP contribution is -2.32. The Morgan fingerprint density at radius 2 is 2.55 bits per heavy atom. The van der Waals surface area contributed by atoms with Crippen LogP contribution in [0.15, 0.2) is 5.10 Å². The maximum absolute atomic E-state index is 10.8. The van der Waals surface area contributed by atoms with E-state index in [-0.39, 0.29) is 11.8 Å². The molecule has 0 aliphatic carbocycles. The van der Waals surface area contributed by atoms with Crippen molar-refractivity contribution in [2.75, 3.05) is 20.6 Å². The van der Waals surface area contributed by atoms with Crippen LogP contribution in [0.1, 0.15) is 6.42 Å². The van der Waals surface area contributed by atoms with Crippen molar-refractivity contribution in [1.29, 1.82) is 0 Å². The summed E-state index contributed by atoms with van der Waals surface area (Å²) in [6.07, 6.45) is 2.35. The zero-order valence-corrected chi connectivity index (χ0v) is 6.87. The summed E-state index contributed by atoms with van der Waals surface area (Å²) in [7, 11) is 3.97. The first-order chi connectivity index (χ1) is 5.18. The van der Waals surface area contributed by atoms with Crippen LogP contribution in [0.25, 0.3) is 0 Å². The molecule has 0 radical (unpaired) electrons. The van der Waals surface area contributed by atoms with E-state index in [9.17, 15) is 4.79 Å². The molecule has 1 N–H and O–H groups in total. The van der Waals surface area contributed by atoms with Crippen LogP contribution in [0.5, 0.6) is 0 Å². The van der Waals surface area contributed by atoms with E-state index in [2.05, 4.69) is 15.4 Å². The van der Waals surface area contributed by atoms with Gasteiger partial charge in [0.15, 0.2) is 0 Å². The van der Waals surface area contributed by atoms with Gasteiger partial charge in [-0.3, -0.25) is 4.79 Å². The van der Waals surface area contributed by atoms with E-state index in [0.29, 0.717) is 6.42 Å². The molecule has 4 nitrogen and oxygen atoms in total. The predicted octanol–water partition coefficient (Wildman–Crippen LogP) is -0.330. The molecule has 1 unspecified atom stereocenters. The van der Waals surface area contributed by atoms with Gasteiger partial charge in [0, 0.05) is 25.1 Å². The third-order valence-electron chi connectivity index (χ3n) is 1.52. The Labute approximate surface area is 66.3 Å². The molecule has 0 aromatic carbocycles. The van der Waals surface area contributed by atoms with Crippen molar-refractivity contribution in [3.05, 3.63) is 0 Å². The quantitative estimate of drug-likeness (QED) is 0.593. The van der Waals surface area contributed by atoms with Crippen molar-refractivity contribution in [1.82, 2.24) is 10.3 Å². The van der Waals surface area contributed by atoms with Crippen molar-refractivity contribution in [2.45, 2.75) is 6.42 Å². The summed E-state index contributed by atoms with van der Waals surface area (Å²) < 4.78 is 0. The van der Waals surface area contributed by atoms with E-state index in [1.807, 2.05) is 14.1 Å². The van der Waals surface area contributed by atoms with Crippen LogP contribution in [-0.4, -0.2) is 37.7 Å². The summed E-state index contributed by atoms with van der Waals surface area (Å²) >= 11 is 0. The first-order valence-electron chi connectivity index (χ1n) is 3.65. The Balaban J connectivity index is 2.40. The molecule has 0 fully saturated rings. The molecule has 4 heteroatoms. The second-order valence-electron chi connectivity index (χ2n) is 3.04. The van der Waals surface area contributed by atoms with Gasteiger partial charge >= 0.3 is 0 Å². The molecular formula is C7H13N3O. The first-order valence-corrected chi connectivity index (χ1v) is 3.65. The number of carbonyl (C=O) groups excluding carboxylic acids is 1. The van der Waals surface area contributed by atoms with Crippen molar-refractivity contribution in [3.8, 4) is 0 Å². The maximum Gasteiger partial charge on any atom is 0.240 e. The highest BCUT2D eigenvalue weighted by Crippen LogP contribution is 2.04. The predicted molar refractivity (Wildman–Crippen MR) is 43.3 cm³/mol. The fraction of sp³-hybridized carbons (Fsp3) is 0.714. The maximum atomic E-state index is 10.8. The second kappa shape index (κ2) is 3.48. The number of amides is 1. The van der Waals surface area contributed by atoms with E-state index >= 15 is 0 Å². The normalized spacial score (nSPS) is 23.9. The molecular weight excluding hydrogens is 142 g/mol. The fourth-order valence-electron chi connectivity index (χ4n) is 1.13. The lowest BCUT2D eigenvalue weighted by atomic mass is 10.1. The molecule has 0 aromatic rings. The molecule has 1 aliphatic rings. The lowest BCUT2D eigenvalue weighted by molar-refractivity contribution is -0.122. The van der Waals surface area contributed by atoms with Crippen LogP contribution in [0.2, 0.25) is 0 Å². The molecule has 1 amide bonds. The van der Waals surface area contributed by atoms with E-state index < -0.39 is 0 Å². The molecule has 1 atom stereocenters. The molecule has 0 spiro atoms. The molecule has 62 valence electrons. The smallest absolute Gasteiger partial charge is 0.240 e. The Hall–Kier alpha value is -0.900. The largest absolute Gasteiger partial charge is 0.309 e. The van der Waals surface area contributed by atoms with Gasteiger partial charge in [0.25, 0.3) is 0 Å². The number of hydrogen-bond donors (Lipinski definition) is 1. The van der Waals surface area contributed by atoms with E-state index in [4.69, 9.17) is 0 Å². The summed E-state index contributed by atoms with van der Waals surface area (Å²) in [5, 5.41) is 3.74. The summed E-state index contributed by atoms with van der Waals surface area (Å²) in [6.45, 7) is 0.886. The van der Waals surface area contributed by atoms with Crippen molar-refractivity contribution in [3.63, 3.8) is 0 Å². The third-order valence-corrected chi connectivity index (χ3v) is 1.52. The number of nitrogens with zero attached hydrogens (tertiary/aromatic N) is 2. The Kier molecular flexibility index (Phi) is 2.59. The highest BCUT2D eigenvalue weighted by molar-refractivity contribution is 5.83. The summed E-state index contributed by atoms with van der Waals surface area (Å²) in [5.74, 6) is 0.290. The van der Waals surface area contributed by atoms with Crippen molar-refractivity contribution >= 4 is 12.1 Å². The SMILES string of the molecule is CN(C)CC1C=NNC(=O)C1. The molecule has 1 aliphatic heterocycles. The van der Waals surface area contributed by atoms with Gasteiger partial charge in [-0.2, -0.15) is 5.10 Å². The van der Waals surface area contributed by atoms with Crippen LogP contribution in [0.4, 0.5) is 0 Å². The van der Waals surface area contributed by atoms with Crippen molar-refractivity contribution in [2.24, 2.45) is 11.0 Å². The van der Waals surface area contributed by atoms with E-state index in [0.717, 1.165) is 6.54 Å². The molecule has 0 bridgehead atoms. The van der Waals surface area contributed by atoms with Gasteiger partial charge in [-0.1, -0.05) is 0 Å². The van der Waals surface area contributed by atoms with Crippen LogP contribution < -0.4 is 5.43 Å². The van der Waals surface area contributed by atoms with Gasteiger partial charge in [-0.05, 0) is 14.1 Å². The molecule has 1 rings (SSSR count). The third kappa shape index (κ3) is 2.67. The number of carbonyl (C=O) groups is 1. The number of hydrazone groups is 1. The summed E-state index contributed by atoms with van der Waals surface area (Å²) in [4.78, 5) is 12.9. The Morgan fingerprint density at radius 1 is 1.82 bits per heavy atom. The number of hydrogen-bond acceptors (Lipinski definition) is 3. The molecule has 11 heavy (non-hydrogen) atoms. The van der Waals surface area contributed by atoms with Gasteiger partial charge in [0.2, 0.25) is 5.91 Å². The minimum atomic E-state index is 0.0133. The minimum Gasteiger partial charge on any atom is -0.309 e. The van der Waals surface area contributed by atoms with Gasteiger partial charge in [0.1, 0.15) is 0 Å². The highest BCUT2D eigenvalue weighted by atomic mass is 16.2. The Bertz CT molecular complexity index is 177. The standard InChI is InChI=1S/C7H13N3O/c1-10(2)5-6-3-7(11)9-8-4-6/h4,6H,3,5H2,1-2H3,(H,9,11). The first kappa shape index (κ1) is 8.20. The fourth-order valence-corrected chi connectivity index (χ4v) is 1.13. The second-order valence-corrected chi connectivity index (χ2v) is 3.04. The van der Waals surface area contributed by atoms with Crippen molar-refractivity contribution < 1.29 is 4.79 Å². The van der Waals surface area contributed by atoms with E-state index in [1.54, 1.807) is 6.21 Å². The van der Waals surface area contributed by atoms with Crippen LogP contribution >= 0.6 is 0 Å². The zero-order valence-electron chi connectivity index (χ0n) is 6.87. The molecule has 0 saturated carbocycles. The van der Waals surface area contributed by atoms with Crippen LogP contribution in [0, 0.1) is 5.92 Å². The molecule has 1 heterocycles.